The van der Waals surface area contributed by atoms with Crippen LogP contribution in [0.25, 0.3) is 0 Å². The summed E-state index contributed by atoms with van der Waals surface area (Å²) >= 11 is 17.9. The number of rotatable bonds is 1. The molecule has 108 valence electrons. The highest BCUT2D eigenvalue weighted by Gasteiger charge is 2.59. The summed E-state index contributed by atoms with van der Waals surface area (Å²) in [7, 11) is 0. The standard InChI is InChI=1S/C15H10Cl3NO2/c16-9-4-8(5-10(17)13(9)18)19-14(20)11-6-1-2-7(3-6)12(11)15(19)21/h1-2,4-7,11-12H,3H2/t6-,7-,11-,12-/m0/s1. The molecular formula is C15H10Cl3NO2. The fourth-order valence-corrected chi connectivity index (χ4v) is 4.41. The van der Waals surface area contributed by atoms with Gasteiger partial charge in [0.2, 0.25) is 11.8 Å². The molecular weight excluding hydrogens is 333 g/mol. The first-order valence-corrected chi connectivity index (χ1v) is 7.83. The van der Waals surface area contributed by atoms with Crippen LogP contribution in [0.2, 0.25) is 15.1 Å². The number of hydrogen-bond donors (Lipinski definition) is 0. The summed E-state index contributed by atoms with van der Waals surface area (Å²) in [6, 6.07) is 3.03. The average molecular weight is 343 g/mol. The van der Waals surface area contributed by atoms with Crippen molar-refractivity contribution >= 4 is 52.3 Å². The van der Waals surface area contributed by atoms with Crippen molar-refractivity contribution in [3.63, 3.8) is 0 Å². The van der Waals surface area contributed by atoms with E-state index in [1.165, 1.54) is 17.0 Å². The number of carbonyl (C=O) groups excluding carboxylic acids is 2. The van der Waals surface area contributed by atoms with E-state index in [4.69, 9.17) is 34.8 Å². The molecule has 2 amide bonds. The van der Waals surface area contributed by atoms with Crippen molar-refractivity contribution in [3.05, 3.63) is 39.4 Å². The van der Waals surface area contributed by atoms with Gasteiger partial charge in [0.25, 0.3) is 0 Å². The number of halogens is 3. The zero-order valence-electron chi connectivity index (χ0n) is 10.7. The number of benzene rings is 1. The first-order chi connectivity index (χ1) is 9.99. The maximum atomic E-state index is 12.6. The van der Waals surface area contributed by atoms with Gasteiger partial charge >= 0.3 is 0 Å². The Morgan fingerprint density at radius 2 is 1.38 bits per heavy atom. The molecule has 0 aromatic heterocycles. The molecule has 1 heterocycles. The number of allylic oxidation sites excluding steroid dienone is 2. The van der Waals surface area contributed by atoms with Gasteiger partial charge in [-0.1, -0.05) is 47.0 Å². The number of amides is 2. The lowest BCUT2D eigenvalue weighted by Crippen LogP contribution is -2.32. The van der Waals surface area contributed by atoms with Gasteiger partial charge in [-0.2, -0.15) is 0 Å². The van der Waals surface area contributed by atoms with Gasteiger partial charge in [0.15, 0.2) is 0 Å². The molecule has 21 heavy (non-hydrogen) atoms. The van der Waals surface area contributed by atoms with Crippen LogP contribution in [0.15, 0.2) is 24.3 Å². The summed E-state index contributed by atoms with van der Waals surface area (Å²) in [6.45, 7) is 0. The highest BCUT2D eigenvalue weighted by molar-refractivity contribution is 6.48. The summed E-state index contributed by atoms with van der Waals surface area (Å²) < 4.78 is 0. The quantitative estimate of drug-likeness (QED) is 0.440. The SMILES string of the molecule is O=C1[C@@H]2[C@@H](C(=O)N1c1cc(Cl)c(Cl)c(Cl)c1)[C@H]1C=C[C@H]2C1. The molecule has 1 saturated heterocycles. The van der Waals surface area contributed by atoms with Crippen LogP contribution in [-0.2, 0) is 9.59 Å². The van der Waals surface area contributed by atoms with E-state index in [0.29, 0.717) is 5.69 Å². The highest BCUT2D eigenvalue weighted by atomic mass is 35.5. The van der Waals surface area contributed by atoms with E-state index < -0.39 is 0 Å². The molecule has 4 rings (SSSR count). The van der Waals surface area contributed by atoms with E-state index in [-0.39, 0.29) is 50.6 Å². The van der Waals surface area contributed by atoms with Gasteiger partial charge in [-0.25, -0.2) is 4.90 Å². The van der Waals surface area contributed by atoms with Gasteiger partial charge < -0.3 is 0 Å². The van der Waals surface area contributed by atoms with E-state index in [0.717, 1.165) is 6.42 Å². The van der Waals surface area contributed by atoms with Crippen molar-refractivity contribution in [2.75, 3.05) is 4.90 Å². The molecule has 1 aromatic rings. The smallest absolute Gasteiger partial charge is 0.238 e. The number of imide groups is 1. The second-order valence-electron chi connectivity index (χ2n) is 5.74. The molecule has 3 nitrogen and oxygen atoms in total. The van der Waals surface area contributed by atoms with Crippen molar-refractivity contribution in [1.82, 2.24) is 0 Å². The van der Waals surface area contributed by atoms with E-state index in [9.17, 15) is 9.59 Å². The fourth-order valence-electron chi connectivity index (χ4n) is 3.83. The summed E-state index contributed by atoms with van der Waals surface area (Å²) in [5, 5.41) is 0.693. The molecule has 4 atom stereocenters. The van der Waals surface area contributed by atoms with Crippen LogP contribution < -0.4 is 4.90 Å². The Hall–Kier alpha value is -1.03. The van der Waals surface area contributed by atoms with Gasteiger partial charge in [-0.05, 0) is 30.4 Å². The van der Waals surface area contributed by atoms with E-state index >= 15 is 0 Å². The number of hydrogen-bond acceptors (Lipinski definition) is 2. The van der Waals surface area contributed by atoms with Crippen LogP contribution in [0.3, 0.4) is 0 Å². The number of nitrogens with zero attached hydrogens (tertiary/aromatic N) is 1. The van der Waals surface area contributed by atoms with Crippen molar-refractivity contribution in [2.24, 2.45) is 23.7 Å². The normalized spacial score (nSPS) is 33.2. The van der Waals surface area contributed by atoms with E-state index in [2.05, 4.69) is 12.2 Å². The van der Waals surface area contributed by atoms with Gasteiger partial charge in [0.05, 0.1) is 32.6 Å². The summed E-state index contributed by atoms with van der Waals surface area (Å²) in [5.41, 5.74) is 0.401. The van der Waals surface area contributed by atoms with Gasteiger partial charge in [0, 0.05) is 0 Å². The maximum absolute atomic E-state index is 12.6. The Bertz CT molecular complexity index is 662. The molecule has 1 saturated carbocycles. The topological polar surface area (TPSA) is 37.4 Å². The van der Waals surface area contributed by atoms with Crippen LogP contribution in [0, 0.1) is 23.7 Å². The fraction of sp³-hybridized carbons (Fsp3) is 0.333. The molecule has 2 fully saturated rings. The summed E-state index contributed by atoms with van der Waals surface area (Å²) in [6.07, 6.45) is 5.02. The van der Waals surface area contributed by atoms with Crippen LogP contribution in [0.4, 0.5) is 5.69 Å². The zero-order valence-corrected chi connectivity index (χ0v) is 13.0. The Labute approximate surface area is 136 Å². The van der Waals surface area contributed by atoms with Crippen LogP contribution >= 0.6 is 34.8 Å². The van der Waals surface area contributed by atoms with E-state index in [1.807, 2.05) is 0 Å². The largest absolute Gasteiger partial charge is 0.274 e. The van der Waals surface area contributed by atoms with Crippen LogP contribution in [-0.4, -0.2) is 11.8 Å². The van der Waals surface area contributed by atoms with E-state index in [1.54, 1.807) is 0 Å². The molecule has 1 aromatic carbocycles. The average Bonchev–Trinajstić information content (AvgIpc) is 3.10. The maximum Gasteiger partial charge on any atom is 0.238 e. The first kappa shape index (κ1) is 13.6. The third-order valence-corrected chi connectivity index (χ3v) is 5.89. The van der Waals surface area contributed by atoms with Crippen molar-refractivity contribution in [3.8, 4) is 0 Å². The third kappa shape index (κ3) is 1.74. The Morgan fingerprint density at radius 3 is 1.86 bits per heavy atom. The molecule has 6 heteroatoms. The lowest BCUT2D eigenvalue weighted by Gasteiger charge is -2.18. The van der Waals surface area contributed by atoms with Crippen LogP contribution in [0.1, 0.15) is 6.42 Å². The van der Waals surface area contributed by atoms with Crippen molar-refractivity contribution in [2.45, 2.75) is 6.42 Å². The highest BCUT2D eigenvalue weighted by Crippen LogP contribution is 2.53. The van der Waals surface area contributed by atoms with Gasteiger partial charge in [-0.15, -0.1) is 0 Å². The number of anilines is 1. The predicted molar refractivity (Wildman–Crippen MR) is 81.7 cm³/mol. The second-order valence-corrected chi connectivity index (χ2v) is 6.93. The first-order valence-electron chi connectivity index (χ1n) is 6.69. The monoisotopic (exact) mass is 341 g/mol. The zero-order chi connectivity index (χ0) is 14.9. The van der Waals surface area contributed by atoms with Gasteiger partial charge in [0.1, 0.15) is 0 Å². The predicted octanol–water partition coefficient (Wildman–Crippen LogP) is 3.96. The van der Waals surface area contributed by atoms with Crippen molar-refractivity contribution in [1.29, 1.82) is 0 Å². The molecule has 0 radical (unpaired) electrons. The minimum atomic E-state index is -0.235. The van der Waals surface area contributed by atoms with Crippen molar-refractivity contribution < 1.29 is 9.59 Å². The molecule has 0 N–H and O–H groups in total. The Balaban J connectivity index is 1.78. The lowest BCUT2D eigenvalue weighted by molar-refractivity contribution is -0.123. The number of carbonyl (C=O) groups is 2. The summed E-state index contributed by atoms with van der Waals surface area (Å²) in [5.74, 6) is -0.423. The van der Waals surface area contributed by atoms with Crippen LogP contribution in [0.5, 0.6) is 0 Å². The second kappa shape index (κ2) is 4.48. The third-order valence-electron chi connectivity index (χ3n) is 4.70. The molecule has 1 aliphatic heterocycles. The molecule has 2 aliphatic carbocycles. The summed E-state index contributed by atoms with van der Waals surface area (Å²) in [4.78, 5) is 26.5. The number of fused-ring (bicyclic) bond motifs is 5. The minimum Gasteiger partial charge on any atom is -0.274 e. The molecule has 2 bridgehead atoms. The Kier molecular flexibility index (Phi) is 2.91. The van der Waals surface area contributed by atoms with Gasteiger partial charge in [-0.3, -0.25) is 9.59 Å². The minimum absolute atomic E-state index is 0.156. The Morgan fingerprint density at radius 1 is 0.905 bits per heavy atom. The molecule has 0 unspecified atom stereocenters. The molecule has 0 spiro atoms. The molecule has 3 aliphatic rings. The lowest BCUT2D eigenvalue weighted by atomic mass is 9.85.